The van der Waals surface area contributed by atoms with Crippen molar-refractivity contribution in [2.45, 2.75) is 32.5 Å². The van der Waals surface area contributed by atoms with E-state index in [2.05, 4.69) is 0 Å². The smallest absolute Gasteiger partial charge is 0.292 e. The molecule has 2 aliphatic heterocycles. The van der Waals surface area contributed by atoms with Crippen LogP contribution in [-0.4, -0.2) is 31.4 Å². The van der Waals surface area contributed by atoms with Crippen LogP contribution in [-0.2, 0) is 24.8 Å². The molecule has 2 heterocycles. The van der Waals surface area contributed by atoms with Crippen LogP contribution in [0.3, 0.4) is 0 Å². The lowest BCUT2D eigenvalue weighted by Crippen LogP contribution is -2.44. The van der Waals surface area contributed by atoms with Crippen molar-refractivity contribution in [2.75, 3.05) is 24.7 Å². The highest BCUT2D eigenvalue weighted by Crippen LogP contribution is 2.45. The van der Waals surface area contributed by atoms with Crippen molar-refractivity contribution in [1.82, 2.24) is 0 Å². The normalized spacial score (nSPS) is 19.2. The minimum atomic E-state index is -1.34. The van der Waals surface area contributed by atoms with Gasteiger partial charge in [-0.1, -0.05) is 32.0 Å². The number of hydrogen-bond acceptors (Lipinski definition) is 4. The summed E-state index contributed by atoms with van der Waals surface area (Å²) in [6.07, 6.45) is 1.58. The lowest BCUT2D eigenvalue weighted by atomic mass is 9.98. The number of amides is 1. The first-order valence-electron chi connectivity index (χ1n) is 7.86. The Morgan fingerprint density at radius 1 is 1.23 bits per heavy atom. The van der Waals surface area contributed by atoms with Crippen molar-refractivity contribution in [2.24, 2.45) is 5.92 Å². The highest BCUT2D eigenvalue weighted by Gasteiger charge is 2.56. The number of rotatable bonds is 5. The van der Waals surface area contributed by atoms with Crippen molar-refractivity contribution in [1.29, 1.82) is 0 Å². The van der Waals surface area contributed by atoms with E-state index in [-0.39, 0.29) is 24.2 Å². The summed E-state index contributed by atoms with van der Waals surface area (Å²) < 4.78 is 11.3. The van der Waals surface area contributed by atoms with E-state index >= 15 is 0 Å². The van der Waals surface area contributed by atoms with Crippen molar-refractivity contribution >= 4 is 17.4 Å². The molecule has 0 N–H and O–H groups in total. The Kier molecular flexibility index (Phi) is 4.02. The van der Waals surface area contributed by atoms with Crippen molar-refractivity contribution < 1.29 is 19.1 Å². The number of ketones is 1. The second-order valence-corrected chi connectivity index (χ2v) is 5.70. The van der Waals surface area contributed by atoms with Gasteiger partial charge in [0.1, 0.15) is 0 Å². The number of fused-ring (bicyclic) bond motifs is 2. The van der Waals surface area contributed by atoms with Gasteiger partial charge in [0.05, 0.1) is 25.4 Å². The van der Waals surface area contributed by atoms with Crippen LogP contribution in [0.2, 0.25) is 0 Å². The van der Waals surface area contributed by atoms with Crippen molar-refractivity contribution in [3.8, 4) is 0 Å². The molecule has 1 spiro atoms. The second kappa shape index (κ2) is 5.82. The van der Waals surface area contributed by atoms with Gasteiger partial charge in [0.25, 0.3) is 11.7 Å². The average molecular weight is 303 g/mol. The zero-order chi connectivity index (χ0) is 15.7. The van der Waals surface area contributed by atoms with Gasteiger partial charge in [0.2, 0.25) is 0 Å². The van der Waals surface area contributed by atoms with Gasteiger partial charge in [-0.3, -0.25) is 14.5 Å². The third-order valence-electron chi connectivity index (χ3n) is 4.53. The molecule has 0 radical (unpaired) electrons. The van der Waals surface area contributed by atoms with Gasteiger partial charge in [-0.05, 0) is 18.9 Å². The molecule has 2 aliphatic rings. The van der Waals surface area contributed by atoms with Gasteiger partial charge < -0.3 is 9.47 Å². The second-order valence-electron chi connectivity index (χ2n) is 5.70. The molecule has 118 valence electrons. The molecule has 0 aliphatic carbocycles. The standard InChI is InChI=1S/C17H21NO4/c1-3-12(4-2)15(19)11-18-14-8-6-5-7-13(14)17(16(18)20)21-9-10-22-17/h5-8,12H,3-4,9-11H2,1-2H3. The van der Waals surface area contributed by atoms with Crippen LogP contribution in [0.5, 0.6) is 0 Å². The summed E-state index contributed by atoms with van der Waals surface area (Å²) in [7, 11) is 0. The first kappa shape index (κ1) is 15.2. The molecule has 0 saturated carbocycles. The minimum Gasteiger partial charge on any atom is -0.336 e. The maximum atomic E-state index is 12.8. The third-order valence-corrected chi connectivity index (χ3v) is 4.53. The molecule has 1 aromatic rings. The molecule has 1 saturated heterocycles. The number of Topliss-reactive ketones (excluding diaryl/α,β-unsaturated/α-hetero) is 1. The first-order valence-corrected chi connectivity index (χ1v) is 7.86. The molecule has 0 unspecified atom stereocenters. The fraction of sp³-hybridized carbons (Fsp3) is 0.529. The molecule has 0 bridgehead atoms. The molecule has 22 heavy (non-hydrogen) atoms. The number of benzene rings is 1. The molecule has 1 amide bonds. The summed E-state index contributed by atoms with van der Waals surface area (Å²) in [6, 6.07) is 7.38. The topological polar surface area (TPSA) is 55.8 Å². The lowest BCUT2D eigenvalue weighted by molar-refractivity contribution is -0.180. The summed E-state index contributed by atoms with van der Waals surface area (Å²) in [4.78, 5) is 26.8. The lowest BCUT2D eigenvalue weighted by Gasteiger charge is -2.22. The molecule has 3 rings (SSSR count). The SMILES string of the molecule is CCC(CC)C(=O)CN1C(=O)C2(OCCO2)c2ccccc21. The summed E-state index contributed by atoms with van der Waals surface area (Å²) in [5.74, 6) is -1.55. The van der Waals surface area contributed by atoms with Crippen LogP contribution in [0, 0.1) is 5.92 Å². The molecular weight excluding hydrogens is 282 g/mol. The van der Waals surface area contributed by atoms with Crippen LogP contribution in [0.25, 0.3) is 0 Å². The van der Waals surface area contributed by atoms with E-state index in [1.165, 1.54) is 4.90 Å². The van der Waals surface area contributed by atoms with Crippen LogP contribution in [0.15, 0.2) is 24.3 Å². The summed E-state index contributed by atoms with van der Waals surface area (Å²) >= 11 is 0. The Morgan fingerprint density at radius 3 is 2.50 bits per heavy atom. The van der Waals surface area contributed by atoms with Gasteiger partial charge in [0, 0.05) is 11.5 Å². The summed E-state index contributed by atoms with van der Waals surface area (Å²) in [5, 5.41) is 0. The Bertz CT molecular complexity index is 588. The molecular formula is C17H21NO4. The largest absolute Gasteiger partial charge is 0.336 e. The Morgan fingerprint density at radius 2 is 1.86 bits per heavy atom. The van der Waals surface area contributed by atoms with Gasteiger partial charge >= 0.3 is 0 Å². The number of nitrogens with zero attached hydrogens (tertiary/aromatic N) is 1. The average Bonchev–Trinajstić information content (AvgIpc) is 3.11. The number of carbonyl (C=O) groups is 2. The van der Waals surface area contributed by atoms with E-state index in [9.17, 15) is 9.59 Å². The fourth-order valence-electron chi connectivity index (χ4n) is 3.27. The monoisotopic (exact) mass is 303 g/mol. The maximum Gasteiger partial charge on any atom is 0.292 e. The van der Waals surface area contributed by atoms with Gasteiger partial charge in [-0.2, -0.15) is 0 Å². The van der Waals surface area contributed by atoms with E-state index < -0.39 is 5.79 Å². The molecule has 0 aromatic heterocycles. The summed E-state index contributed by atoms with van der Waals surface area (Å²) in [6.45, 7) is 4.84. The van der Waals surface area contributed by atoms with Gasteiger partial charge in [-0.25, -0.2) is 0 Å². The minimum absolute atomic E-state index is 0.0121. The van der Waals surface area contributed by atoms with Crippen molar-refractivity contribution in [3.63, 3.8) is 0 Å². The molecule has 5 nitrogen and oxygen atoms in total. The maximum absolute atomic E-state index is 12.8. The third kappa shape index (κ3) is 2.16. The molecule has 5 heteroatoms. The number of carbonyl (C=O) groups excluding carboxylic acids is 2. The number of ether oxygens (including phenoxy) is 2. The van der Waals surface area contributed by atoms with Gasteiger partial charge in [0.15, 0.2) is 5.78 Å². The zero-order valence-corrected chi connectivity index (χ0v) is 13.0. The summed E-state index contributed by atoms with van der Waals surface area (Å²) in [5.41, 5.74) is 1.42. The van der Waals surface area contributed by atoms with E-state index in [4.69, 9.17) is 9.47 Å². The number of anilines is 1. The number of para-hydroxylation sites is 1. The van der Waals surface area contributed by atoms with Crippen molar-refractivity contribution in [3.05, 3.63) is 29.8 Å². The van der Waals surface area contributed by atoms with Crippen LogP contribution < -0.4 is 4.90 Å². The van der Waals surface area contributed by atoms with E-state index in [0.717, 1.165) is 12.8 Å². The fourth-order valence-corrected chi connectivity index (χ4v) is 3.27. The Balaban J connectivity index is 1.93. The quantitative estimate of drug-likeness (QED) is 0.837. The van der Waals surface area contributed by atoms with E-state index in [0.29, 0.717) is 24.5 Å². The zero-order valence-electron chi connectivity index (χ0n) is 13.0. The highest BCUT2D eigenvalue weighted by molar-refractivity contribution is 6.09. The molecule has 1 fully saturated rings. The number of hydrogen-bond donors (Lipinski definition) is 0. The molecule has 0 atom stereocenters. The first-order chi connectivity index (χ1) is 10.6. The van der Waals surface area contributed by atoms with E-state index in [1.807, 2.05) is 38.1 Å². The van der Waals surface area contributed by atoms with Crippen LogP contribution >= 0.6 is 0 Å². The van der Waals surface area contributed by atoms with Crippen LogP contribution in [0.1, 0.15) is 32.3 Å². The van der Waals surface area contributed by atoms with Gasteiger partial charge in [-0.15, -0.1) is 0 Å². The molecule has 1 aromatic carbocycles. The predicted molar refractivity (Wildman–Crippen MR) is 81.5 cm³/mol. The highest BCUT2D eigenvalue weighted by atomic mass is 16.7. The predicted octanol–water partition coefficient (Wildman–Crippen LogP) is 2.24. The van der Waals surface area contributed by atoms with E-state index in [1.54, 1.807) is 0 Å². The Labute approximate surface area is 130 Å². The Hall–Kier alpha value is -1.72. The van der Waals surface area contributed by atoms with Crippen LogP contribution in [0.4, 0.5) is 5.69 Å².